The molecule has 0 aliphatic carbocycles. The minimum atomic E-state index is -0.125. The maximum absolute atomic E-state index is 11.6. The molecule has 102 valence electrons. The topological polar surface area (TPSA) is 70.7 Å². The van der Waals surface area contributed by atoms with E-state index in [-0.39, 0.29) is 16.9 Å². The van der Waals surface area contributed by atoms with E-state index < -0.39 is 0 Å². The predicted molar refractivity (Wildman–Crippen MR) is 80.8 cm³/mol. The summed E-state index contributed by atoms with van der Waals surface area (Å²) in [4.78, 5) is 11.6. The van der Waals surface area contributed by atoms with Crippen molar-refractivity contribution >= 4 is 32.7 Å². The molecule has 0 unspecified atom stereocenters. The van der Waals surface area contributed by atoms with E-state index >= 15 is 0 Å². The standard InChI is InChI=1S/C17H10O4/c18-10-3-1-9-2-6-14-16(13(9)7-10)17(20)12-5-4-11(19)8-15(12)21-14/h1-8,19-20H. The molecule has 1 heterocycles. The number of aromatic hydroxyl groups is 2. The van der Waals surface area contributed by atoms with Crippen molar-refractivity contribution < 1.29 is 14.6 Å². The fraction of sp³-hybridized carbons (Fsp3) is 0. The van der Waals surface area contributed by atoms with Gasteiger partial charge in [0.25, 0.3) is 0 Å². The molecule has 0 aliphatic heterocycles. The number of hydrogen-bond acceptors (Lipinski definition) is 4. The number of fused-ring (bicyclic) bond motifs is 4. The van der Waals surface area contributed by atoms with Gasteiger partial charge in [-0.05, 0) is 35.7 Å². The Balaban J connectivity index is 2.30. The van der Waals surface area contributed by atoms with E-state index in [2.05, 4.69) is 0 Å². The Morgan fingerprint density at radius 1 is 0.810 bits per heavy atom. The van der Waals surface area contributed by atoms with Crippen LogP contribution in [-0.4, -0.2) is 10.2 Å². The summed E-state index contributed by atoms with van der Waals surface area (Å²) in [6.45, 7) is 0. The molecule has 0 bridgehead atoms. The van der Waals surface area contributed by atoms with Gasteiger partial charge in [0, 0.05) is 11.5 Å². The van der Waals surface area contributed by atoms with Crippen LogP contribution in [0.4, 0.5) is 0 Å². The largest absolute Gasteiger partial charge is 0.508 e. The summed E-state index contributed by atoms with van der Waals surface area (Å²) in [6, 6.07) is 12.8. The average molecular weight is 278 g/mol. The van der Waals surface area contributed by atoms with Gasteiger partial charge in [-0.2, -0.15) is 0 Å². The average Bonchev–Trinajstić information content (AvgIpc) is 2.46. The second-order valence-corrected chi connectivity index (χ2v) is 4.95. The van der Waals surface area contributed by atoms with E-state index in [1.54, 1.807) is 18.2 Å². The first-order valence-electron chi connectivity index (χ1n) is 6.45. The van der Waals surface area contributed by atoms with Crippen molar-refractivity contribution in [3.05, 3.63) is 58.8 Å². The van der Waals surface area contributed by atoms with Gasteiger partial charge in [0.1, 0.15) is 22.7 Å². The summed E-state index contributed by atoms with van der Waals surface area (Å²) in [5.41, 5.74) is 0.724. The molecule has 0 atom stereocenters. The summed E-state index contributed by atoms with van der Waals surface area (Å²) in [6.07, 6.45) is 0. The molecule has 0 amide bonds. The Morgan fingerprint density at radius 3 is 2.48 bits per heavy atom. The fourth-order valence-corrected chi connectivity index (χ4v) is 2.65. The summed E-state index contributed by atoms with van der Waals surface area (Å²) >= 11 is 0. The van der Waals surface area contributed by atoms with Crippen molar-refractivity contribution in [3.8, 4) is 11.5 Å². The van der Waals surface area contributed by atoms with Gasteiger partial charge in [0.05, 0.1) is 10.8 Å². The summed E-state index contributed by atoms with van der Waals surface area (Å²) in [7, 11) is 0. The smallest absolute Gasteiger partial charge is 0.179 e. The molecule has 0 saturated heterocycles. The maximum atomic E-state index is 11.6. The van der Waals surface area contributed by atoms with Crippen molar-refractivity contribution in [2.75, 3.05) is 0 Å². The normalized spacial score (nSPS) is 11.4. The van der Waals surface area contributed by atoms with Crippen molar-refractivity contribution in [2.45, 2.75) is 0 Å². The number of benzene rings is 3. The van der Waals surface area contributed by atoms with Gasteiger partial charge >= 0.3 is 0 Å². The van der Waals surface area contributed by atoms with Crippen molar-refractivity contribution in [2.24, 2.45) is 0 Å². The Kier molecular flexibility index (Phi) is 2.24. The molecule has 4 heteroatoms. The molecular formula is C17H10O4. The lowest BCUT2D eigenvalue weighted by Crippen LogP contribution is -1.94. The molecule has 0 aliphatic rings. The molecule has 4 aromatic rings. The van der Waals surface area contributed by atoms with Crippen LogP contribution in [-0.2, 0) is 0 Å². The van der Waals surface area contributed by atoms with Crippen molar-refractivity contribution in [3.63, 3.8) is 0 Å². The zero-order chi connectivity index (χ0) is 14.6. The summed E-state index contributed by atoms with van der Waals surface area (Å²) < 4.78 is 5.73. The minimum absolute atomic E-state index is 0.0439. The molecule has 4 nitrogen and oxygen atoms in total. The highest BCUT2D eigenvalue weighted by Crippen LogP contribution is 2.38. The molecule has 4 rings (SSSR count). The third kappa shape index (κ3) is 1.66. The van der Waals surface area contributed by atoms with E-state index in [1.807, 2.05) is 6.07 Å². The molecule has 0 spiro atoms. The lowest BCUT2D eigenvalue weighted by atomic mass is 10.0. The van der Waals surface area contributed by atoms with Gasteiger partial charge in [-0.1, -0.05) is 12.1 Å². The van der Waals surface area contributed by atoms with Crippen LogP contribution in [0.25, 0.3) is 32.7 Å². The highest BCUT2D eigenvalue weighted by Gasteiger charge is 2.12. The van der Waals surface area contributed by atoms with Crippen LogP contribution in [0, 0.1) is 0 Å². The van der Waals surface area contributed by atoms with E-state index in [0.717, 1.165) is 5.39 Å². The number of hydrogen-bond donors (Lipinski definition) is 2. The second-order valence-electron chi connectivity index (χ2n) is 4.95. The van der Waals surface area contributed by atoms with E-state index in [1.165, 1.54) is 24.3 Å². The van der Waals surface area contributed by atoms with Gasteiger partial charge < -0.3 is 14.6 Å². The summed E-state index contributed by atoms with van der Waals surface area (Å²) in [5, 5.41) is 22.6. The van der Waals surface area contributed by atoms with Crippen LogP contribution in [0.1, 0.15) is 0 Å². The highest BCUT2D eigenvalue weighted by atomic mass is 16.3. The zero-order valence-electron chi connectivity index (χ0n) is 10.8. The second kappa shape index (κ2) is 3.99. The van der Waals surface area contributed by atoms with E-state index in [4.69, 9.17) is 4.42 Å². The summed E-state index contributed by atoms with van der Waals surface area (Å²) in [5.74, 6) is 0.107. The molecule has 0 radical (unpaired) electrons. The first-order valence-corrected chi connectivity index (χ1v) is 6.45. The lowest BCUT2D eigenvalue weighted by molar-refractivity contribution is 0.473. The molecule has 21 heavy (non-hydrogen) atoms. The monoisotopic (exact) mass is 278 g/mol. The Labute approximate surface area is 118 Å². The van der Waals surface area contributed by atoms with Crippen LogP contribution >= 0.6 is 0 Å². The molecule has 2 N–H and O–H groups in total. The quantitative estimate of drug-likeness (QED) is 0.381. The predicted octanol–water partition coefficient (Wildman–Crippen LogP) is 3.51. The van der Waals surface area contributed by atoms with Gasteiger partial charge in [-0.25, -0.2) is 0 Å². The van der Waals surface area contributed by atoms with E-state index in [9.17, 15) is 15.0 Å². The Hall–Kier alpha value is -3.01. The van der Waals surface area contributed by atoms with Crippen LogP contribution < -0.4 is 5.43 Å². The number of rotatable bonds is 0. The maximum Gasteiger partial charge on any atom is 0.179 e. The zero-order valence-corrected chi connectivity index (χ0v) is 10.8. The molecule has 0 fully saturated rings. The first kappa shape index (κ1) is 11.8. The third-order valence-corrected chi connectivity index (χ3v) is 3.63. The fourth-order valence-electron chi connectivity index (χ4n) is 2.65. The van der Waals surface area contributed by atoms with Gasteiger partial charge in [0.2, 0.25) is 0 Å². The lowest BCUT2D eigenvalue weighted by Gasteiger charge is -2.08. The molecule has 1 aromatic heterocycles. The van der Waals surface area contributed by atoms with Crippen LogP contribution in [0.2, 0.25) is 0 Å². The van der Waals surface area contributed by atoms with Gasteiger partial charge in [-0.15, -0.1) is 0 Å². The molecule has 3 aromatic carbocycles. The number of phenolic OH excluding ortho intramolecular Hbond substituents is 1. The Morgan fingerprint density at radius 2 is 1.62 bits per heavy atom. The third-order valence-electron chi connectivity index (χ3n) is 3.63. The van der Waals surface area contributed by atoms with Crippen LogP contribution in [0.15, 0.2) is 57.7 Å². The van der Waals surface area contributed by atoms with Crippen molar-refractivity contribution in [1.29, 1.82) is 0 Å². The molecular weight excluding hydrogens is 268 g/mol. The van der Waals surface area contributed by atoms with Crippen LogP contribution in [0.3, 0.4) is 0 Å². The Bertz CT molecular complexity index is 1080. The highest BCUT2D eigenvalue weighted by molar-refractivity contribution is 6.13. The molecule has 0 saturated carbocycles. The van der Waals surface area contributed by atoms with Gasteiger partial charge in [-0.3, -0.25) is 4.79 Å². The number of phenols is 1. The minimum Gasteiger partial charge on any atom is -0.508 e. The van der Waals surface area contributed by atoms with Crippen molar-refractivity contribution in [1.82, 2.24) is 0 Å². The van der Waals surface area contributed by atoms with Crippen LogP contribution in [0.5, 0.6) is 11.5 Å². The van der Waals surface area contributed by atoms with E-state index in [0.29, 0.717) is 27.3 Å². The SMILES string of the molecule is O=c1ccc2ccc3oc4cc(O)ccc4c(O)c3c2c1. The first-order chi connectivity index (χ1) is 10.1. The van der Waals surface area contributed by atoms with Gasteiger partial charge in [0.15, 0.2) is 5.43 Å².